The second-order valence-corrected chi connectivity index (χ2v) is 8.37. The first-order valence-corrected chi connectivity index (χ1v) is 9.34. The summed E-state index contributed by atoms with van der Waals surface area (Å²) in [6, 6.07) is 2.02. The van der Waals surface area contributed by atoms with E-state index >= 15 is 0 Å². The highest BCUT2D eigenvalue weighted by atomic mass is 16.5. The SMILES string of the molecule is Cn1nc([C@@H]2CCCOC2)cc1NC(=O)C[C@H]1CCCC(C)(C)C1. The Kier molecular flexibility index (Phi) is 5.28. The van der Waals surface area contributed by atoms with E-state index < -0.39 is 0 Å². The first-order chi connectivity index (χ1) is 11.4. The summed E-state index contributed by atoms with van der Waals surface area (Å²) in [4.78, 5) is 12.5. The molecule has 0 spiro atoms. The number of nitrogens with one attached hydrogen (secondary N) is 1. The molecule has 1 aromatic heterocycles. The van der Waals surface area contributed by atoms with Crippen LogP contribution in [-0.4, -0.2) is 28.9 Å². The number of aryl methyl sites for hydroxylation is 1. The molecule has 3 rings (SSSR count). The Morgan fingerprint density at radius 2 is 2.25 bits per heavy atom. The summed E-state index contributed by atoms with van der Waals surface area (Å²) in [6.45, 7) is 6.22. The van der Waals surface area contributed by atoms with E-state index in [-0.39, 0.29) is 5.91 Å². The van der Waals surface area contributed by atoms with Crippen LogP contribution >= 0.6 is 0 Å². The summed E-state index contributed by atoms with van der Waals surface area (Å²) in [6.07, 6.45) is 7.66. The lowest BCUT2D eigenvalue weighted by molar-refractivity contribution is -0.117. The lowest BCUT2D eigenvalue weighted by atomic mass is 9.71. The third kappa shape index (κ3) is 4.38. The Labute approximate surface area is 145 Å². The topological polar surface area (TPSA) is 56.1 Å². The minimum atomic E-state index is 0.118. The molecule has 24 heavy (non-hydrogen) atoms. The molecule has 1 saturated heterocycles. The predicted octanol–water partition coefficient (Wildman–Crippen LogP) is 3.86. The maximum absolute atomic E-state index is 12.5. The van der Waals surface area contributed by atoms with Crippen molar-refractivity contribution in [3.05, 3.63) is 11.8 Å². The third-order valence-corrected chi connectivity index (χ3v) is 5.53. The Bertz CT molecular complexity index is 573. The molecule has 2 heterocycles. The molecule has 1 aliphatic heterocycles. The van der Waals surface area contributed by atoms with E-state index in [9.17, 15) is 4.79 Å². The molecule has 1 aromatic rings. The molecule has 1 aliphatic carbocycles. The van der Waals surface area contributed by atoms with Gasteiger partial charge >= 0.3 is 0 Å². The van der Waals surface area contributed by atoms with Crippen molar-refractivity contribution >= 4 is 11.7 Å². The van der Waals surface area contributed by atoms with E-state index in [1.165, 1.54) is 19.3 Å². The van der Waals surface area contributed by atoms with Crippen molar-refractivity contribution in [2.45, 2.75) is 64.7 Å². The van der Waals surface area contributed by atoms with Gasteiger partial charge in [-0.2, -0.15) is 5.10 Å². The number of hydrogen-bond acceptors (Lipinski definition) is 3. The number of carbonyl (C=O) groups excluding carboxylic acids is 1. The average molecular weight is 333 g/mol. The molecule has 5 nitrogen and oxygen atoms in total. The Balaban J connectivity index is 1.57. The van der Waals surface area contributed by atoms with Gasteiger partial charge in [-0.25, -0.2) is 0 Å². The van der Waals surface area contributed by atoms with Crippen LogP contribution in [-0.2, 0) is 16.6 Å². The number of ether oxygens (including phenoxy) is 1. The van der Waals surface area contributed by atoms with Crippen molar-refractivity contribution in [2.24, 2.45) is 18.4 Å². The fourth-order valence-electron chi connectivity index (χ4n) is 4.27. The lowest BCUT2D eigenvalue weighted by Gasteiger charge is -2.34. The summed E-state index contributed by atoms with van der Waals surface area (Å²) < 4.78 is 7.33. The number of carbonyl (C=O) groups is 1. The maximum Gasteiger partial charge on any atom is 0.225 e. The van der Waals surface area contributed by atoms with Gasteiger partial charge in [0.15, 0.2) is 0 Å². The molecule has 1 amide bonds. The molecule has 134 valence electrons. The Morgan fingerprint density at radius 3 is 2.96 bits per heavy atom. The summed E-state index contributed by atoms with van der Waals surface area (Å²) in [5.74, 6) is 1.78. The van der Waals surface area contributed by atoms with E-state index in [0.717, 1.165) is 44.0 Å². The zero-order valence-electron chi connectivity index (χ0n) is 15.3. The summed E-state index contributed by atoms with van der Waals surface area (Å²) >= 11 is 0. The Morgan fingerprint density at radius 1 is 1.42 bits per heavy atom. The van der Waals surface area contributed by atoms with Crippen molar-refractivity contribution in [2.75, 3.05) is 18.5 Å². The van der Waals surface area contributed by atoms with Crippen LogP contribution in [0.15, 0.2) is 6.07 Å². The van der Waals surface area contributed by atoms with Gasteiger partial charge in [-0.3, -0.25) is 9.48 Å². The van der Waals surface area contributed by atoms with Crippen LogP contribution in [0.25, 0.3) is 0 Å². The second-order valence-electron chi connectivity index (χ2n) is 8.37. The Hall–Kier alpha value is -1.36. The molecule has 2 atom stereocenters. The van der Waals surface area contributed by atoms with Crippen molar-refractivity contribution < 1.29 is 9.53 Å². The van der Waals surface area contributed by atoms with E-state index in [4.69, 9.17) is 4.74 Å². The maximum atomic E-state index is 12.5. The highest BCUT2D eigenvalue weighted by Gasteiger charge is 2.29. The first kappa shape index (κ1) is 17.5. The monoisotopic (exact) mass is 333 g/mol. The van der Waals surface area contributed by atoms with Gasteiger partial charge in [-0.05, 0) is 43.4 Å². The molecular formula is C19H31N3O2. The largest absolute Gasteiger partial charge is 0.381 e. The number of aromatic nitrogens is 2. The number of rotatable bonds is 4. The van der Waals surface area contributed by atoms with Crippen LogP contribution in [0, 0.1) is 11.3 Å². The smallest absolute Gasteiger partial charge is 0.225 e. The van der Waals surface area contributed by atoms with Crippen molar-refractivity contribution in [3.8, 4) is 0 Å². The fourth-order valence-corrected chi connectivity index (χ4v) is 4.27. The minimum Gasteiger partial charge on any atom is -0.381 e. The highest BCUT2D eigenvalue weighted by Crippen LogP contribution is 2.39. The summed E-state index contributed by atoms with van der Waals surface area (Å²) in [5, 5.41) is 7.64. The molecule has 2 aliphatic rings. The van der Waals surface area contributed by atoms with E-state index in [1.807, 2.05) is 13.1 Å². The third-order valence-electron chi connectivity index (χ3n) is 5.53. The number of anilines is 1. The quantitative estimate of drug-likeness (QED) is 0.910. The van der Waals surface area contributed by atoms with E-state index in [1.54, 1.807) is 4.68 Å². The zero-order chi connectivity index (χ0) is 17.2. The van der Waals surface area contributed by atoms with Crippen molar-refractivity contribution in [1.82, 2.24) is 9.78 Å². The lowest BCUT2D eigenvalue weighted by Crippen LogP contribution is -2.26. The van der Waals surface area contributed by atoms with Crippen molar-refractivity contribution in [3.63, 3.8) is 0 Å². The van der Waals surface area contributed by atoms with Crippen LogP contribution < -0.4 is 5.32 Å². The second kappa shape index (κ2) is 7.26. The number of nitrogens with zero attached hydrogens (tertiary/aromatic N) is 2. The molecular weight excluding hydrogens is 302 g/mol. The van der Waals surface area contributed by atoms with Crippen molar-refractivity contribution in [1.29, 1.82) is 0 Å². The van der Waals surface area contributed by atoms with Gasteiger partial charge in [-0.15, -0.1) is 0 Å². The van der Waals surface area contributed by atoms with Gasteiger partial charge < -0.3 is 10.1 Å². The number of amides is 1. The van der Waals surface area contributed by atoms with Gasteiger partial charge in [-0.1, -0.05) is 20.3 Å². The zero-order valence-corrected chi connectivity index (χ0v) is 15.3. The van der Waals surface area contributed by atoms with Gasteiger partial charge in [0.1, 0.15) is 5.82 Å². The van der Waals surface area contributed by atoms with Gasteiger partial charge in [0.25, 0.3) is 0 Å². The van der Waals surface area contributed by atoms with Crippen LogP contribution in [0.4, 0.5) is 5.82 Å². The van der Waals surface area contributed by atoms with Gasteiger partial charge in [0.05, 0.1) is 12.3 Å². The van der Waals surface area contributed by atoms with Crippen LogP contribution in [0.3, 0.4) is 0 Å². The standard InChI is InChI=1S/C19H31N3O2/c1-19(2)8-4-6-14(12-19)10-18(23)20-17-11-16(21-22(17)3)15-7-5-9-24-13-15/h11,14-15H,4-10,12-13H2,1-3H3,(H,20,23)/t14-,15-/m1/s1. The molecule has 5 heteroatoms. The van der Waals surface area contributed by atoms with Crippen LogP contribution in [0.2, 0.25) is 0 Å². The summed E-state index contributed by atoms with van der Waals surface area (Å²) in [5.41, 5.74) is 1.41. The fraction of sp³-hybridized carbons (Fsp3) is 0.789. The molecule has 1 N–H and O–H groups in total. The normalized spacial score (nSPS) is 27.0. The van der Waals surface area contributed by atoms with Crippen LogP contribution in [0.5, 0.6) is 0 Å². The average Bonchev–Trinajstić information content (AvgIpc) is 2.88. The minimum absolute atomic E-state index is 0.118. The molecule has 0 bridgehead atoms. The van der Waals surface area contributed by atoms with E-state index in [2.05, 4.69) is 24.3 Å². The molecule has 0 unspecified atom stereocenters. The summed E-state index contributed by atoms with van der Waals surface area (Å²) in [7, 11) is 1.90. The van der Waals surface area contributed by atoms with Gasteiger partial charge in [0, 0.05) is 32.1 Å². The molecule has 0 aromatic carbocycles. The molecule has 2 fully saturated rings. The highest BCUT2D eigenvalue weighted by molar-refractivity contribution is 5.90. The van der Waals surface area contributed by atoms with Gasteiger partial charge in [0.2, 0.25) is 5.91 Å². The molecule has 0 radical (unpaired) electrons. The first-order valence-electron chi connectivity index (χ1n) is 9.34. The number of hydrogen-bond donors (Lipinski definition) is 1. The molecule has 1 saturated carbocycles. The predicted molar refractivity (Wildman–Crippen MR) is 95.0 cm³/mol. The van der Waals surface area contributed by atoms with E-state index in [0.29, 0.717) is 23.7 Å². The van der Waals surface area contributed by atoms with Crippen LogP contribution in [0.1, 0.15) is 70.4 Å².